The zero-order chi connectivity index (χ0) is 27.6. The summed E-state index contributed by atoms with van der Waals surface area (Å²) < 4.78 is 18.0. The molecule has 9 nitrogen and oxygen atoms in total. The summed E-state index contributed by atoms with van der Waals surface area (Å²) in [6.45, 7) is 0. The van der Waals surface area contributed by atoms with Gasteiger partial charge in [-0.3, -0.25) is 15.1 Å². The number of ether oxygens (including phenoxy) is 2. The molecule has 6 rings (SSSR count). The molecule has 1 N–H and O–H groups in total. The standard InChI is InChI=1S/C30H28N4O5S/c1-37-27-18-20(34(35)36)11-14-23(27)25-15-16-26(39-25)29-28(24-8-4-5-17-31-24)32-30(40)33(29)19-9-12-22(13-10-19)38-21-6-2-3-7-21/h4-5,8-18,21,28-29H,2-3,6-7H2,1H3,(H,32,40)/t28-,29-/m0/s1. The Balaban J connectivity index is 1.36. The van der Waals surface area contributed by atoms with Gasteiger partial charge >= 0.3 is 0 Å². The van der Waals surface area contributed by atoms with Crippen LogP contribution in [0.5, 0.6) is 11.5 Å². The fraction of sp³-hybridized carbons (Fsp3) is 0.267. The highest BCUT2D eigenvalue weighted by atomic mass is 32.1. The van der Waals surface area contributed by atoms with E-state index in [9.17, 15) is 10.1 Å². The van der Waals surface area contributed by atoms with Gasteiger partial charge in [0.05, 0.1) is 41.5 Å². The second-order valence-electron chi connectivity index (χ2n) is 9.86. The van der Waals surface area contributed by atoms with Gasteiger partial charge in [0.25, 0.3) is 5.69 Å². The van der Waals surface area contributed by atoms with E-state index in [-0.39, 0.29) is 23.9 Å². The number of pyridine rings is 1. The molecule has 0 spiro atoms. The first-order valence-electron chi connectivity index (χ1n) is 13.2. The van der Waals surface area contributed by atoms with E-state index in [1.165, 1.54) is 32.1 Å². The number of hydrogen-bond donors (Lipinski definition) is 1. The Kier molecular flexibility index (Phi) is 7.08. The summed E-state index contributed by atoms with van der Waals surface area (Å²) >= 11 is 5.83. The Morgan fingerprint density at radius 2 is 1.88 bits per heavy atom. The van der Waals surface area contributed by atoms with Gasteiger partial charge in [0.1, 0.15) is 29.1 Å². The van der Waals surface area contributed by atoms with Gasteiger partial charge < -0.3 is 24.1 Å². The van der Waals surface area contributed by atoms with Crippen molar-refractivity contribution in [2.24, 2.45) is 0 Å². The van der Waals surface area contributed by atoms with Gasteiger partial charge in [0.2, 0.25) is 0 Å². The number of nitrogens with zero attached hydrogens (tertiary/aromatic N) is 3. The molecule has 2 aliphatic rings. The normalized spacial score (nSPS) is 19.0. The summed E-state index contributed by atoms with van der Waals surface area (Å²) in [5.41, 5.74) is 2.27. The predicted molar refractivity (Wildman–Crippen MR) is 155 cm³/mol. The number of nitro groups is 1. The third-order valence-corrected chi connectivity index (χ3v) is 7.71. The van der Waals surface area contributed by atoms with Gasteiger partial charge in [-0.25, -0.2) is 0 Å². The molecular weight excluding hydrogens is 528 g/mol. The molecule has 1 aliphatic heterocycles. The summed E-state index contributed by atoms with van der Waals surface area (Å²) in [4.78, 5) is 17.4. The van der Waals surface area contributed by atoms with E-state index in [4.69, 9.17) is 26.1 Å². The quantitative estimate of drug-likeness (QED) is 0.143. The first-order valence-corrected chi connectivity index (χ1v) is 13.6. The van der Waals surface area contributed by atoms with Crippen LogP contribution in [-0.2, 0) is 0 Å². The lowest BCUT2D eigenvalue weighted by atomic mass is 10.0. The van der Waals surface area contributed by atoms with Crippen LogP contribution in [0.15, 0.2) is 83.4 Å². The number of nitrogens with one attached hydrogen (secondary N) is 1. The van der Waals surface area contributed by atoms with Crippen molar-refractivity contribution < 1.29 is 18.8 Å². The van der Waals surface area contributed by atoms with E-state index >= 15 is 0 Å². The molecule has 2 atom stereocenters. The first-order chi connectivity index (χ1) is 19.5. The van der Waals surface area contributed by atoms with Crippen molar-refractivity contribution in [1.82, 2.24) is 10.3 Å². The van der Waals surface area contributed by atoms with Crippen molar-refractivity contribution in [1.29, 1.82) is 0 Å². The minimum absolute atomic E-state index is 0.0560. The number of anilines is 1. The lowest BCUT2D eigenvalue weighted by Crippen LogP contribution is -2.29. The van der Waals surface area contributed by atoms with Crippen LogP contribution in [0, 0.1) is 10.1 Å². The van der Waals surface area contributed by atoms with Crippen LogP contribution in [0.25, 0.3) is 11.3 Å². The first kappa shape index (κ1) is 25.8. The Bertz CT molecular complexity index is 1520. The van der Waals surface area contributed by atoms with E-state index in [0.29, 0.717) is 27.9 Å². The minimum Gasteiger partial charge on any atom is -0.496 e. The second-order valence-corrected chi connectivity index (χ2v) is 10.2. The molecule has 1 saturated heterocycles. The molecule has 0 bridgehead atoms. The van der Waals surface area contributed by atoms with Crippen LogP contribution >= 0.6 is 12.2 Å². The highest BCUT2D eigenvalue weighted by Gasteiger charge is 2.42. The van der Waals surface area contributed by atoms with Crippen molar-refractivity contribution in [2.45, 2.75) is 43.9 Å². The Morgan fingerprint density at radius 1 is 1.07 bits per heavy atom. The molecule has 10 heteroatoms. The number of non-ortho nitro benzene ring substituents is 1. The maximum Gasteiger partial charge on any atom is 0.273 e. The molecule has 1 saturated carbocycles. The number of benzene rings is 2. The third kappa shape index (κ3) is 4.98. The number of hydrogen-bond acceptors (Lipinski definition) is 7. The Hall–Kier alpha value is -4.44. The molecule has 4 aromatic rings. The summed E-state index contributed by atoms with van der Waals surface area (Å²) in [5.74, 6) is 2.38. The predicted octanol–water partition coefficient (Wildman–Crippen LogP) is 6.76. The zero-order valence-corrected chi connectivity index (χ0v) is 22.7. The van der Waals surface area contributed by atoms with E-state index in [2.05, 4.69) is 10.3 Å². The summed E-state index contributed by atoms with van der Waals surface area (Å²) in [6.07, 6.45) is 6.64. The number of methoxy groups -OCH3 is 1. The molecule has 40 heavy (non-hydrogen) atoms. The van der Waals surface area contributed by atoms with Crippen molar-refractivity contribution in [2.75, 3.05) is 12.0 Å². The molecule has 3 heterocycles. The van der Waals surface area contributed by atoms with E-state index in [1.807, 2.05) is 59.5 Å². The summed E-state index contributed by atoms with van der Waals surface area (Å²) in [5, 5.41) is 15.3. The second kappa shape index (κ2) is 11.0. The van der Waals surface area contributed by atoms with Gasteiger partial charge in [-0.15, -0.1) is 0 Å². The van der Waals surface area contributed by atoms with E-state index in [0.717, 1.165) is 30.0 Å². The molecule has 2 aromatic carbocycles. The van der Waals surface area contributed by atoms with Gasteiger partial charge in [0, 0.05) is 18.0 Å². The maximum absolute atomic E-state index is 11.3. The van der Waals surface area contributed by atoms with Crippen LogP contribution < -0.4 is 19.7 Å². The van der Waals surface area contributed by atoms with Crippen LogP contribution in [0.4, 0.5) is 11.4 Å². The molecule has 2 fully saturated rings. The molecule has 204 valence electrons. The molecule has 0 amide bonds. The molecular formula is C30H28N4O5S. The lowest BCUT2D eigenvalue weighted by Gasteiger charge is -2.26. The average molecular weight is 557 g/mol. The summed E-state index contributed by atoms with van der Waals surface area (Å²) in [7, 11) is 1.48. The molecule has 0 radical (unpaired) electrons. The number of rotatable bonds is 8. The van der Waals surface area contributed by atoms with Crippen molar-refractivity contribution in [3.63, 3.8) is 0 Å². The fourth-order valence-corrected chi connectivity index (χ4v) is 5.81. The number of aromatic nitrogens is 1. The zero-order valence-electron chi connectivity index (χ0n) is 21.9. The van der Waals surface area contributed by atoms with E-state index in [1.54, 1.807) is 12.3 Å². The summed E-state index contributed by atoms with van der Waals surface area (Å²) in [6, 6.07) is 21.3. The Labute approximate surface area is 236 Å². The van der Waals surface area contributed by atoms with Crippen LogP contribution in [0.3, 0.4) is 0 Å². The number of nitro benzene ring substituents is 1. The molecule has 2 aromatic heterocycles. The number of thiocarbonyl (C=S) groups is 1. The largest absolute Gasteiger partial charge is 0.496 e. The van der Waals surface area contributed by atoms with Gasteiger partial charge in [-0.05, 0) is 92.5 Å². The van der Waals surface area contributed by atoms with Crippen LogP contribution in [0.1, 0.15) is 49.2 Å². The topological polar surface area (TPSA) is 103 Å². The van der Waals surface area contributed by atoms with E-state index < -0.39 is 4.92 Å². The van der Waals surface area contributed by atoms with Crippen molar-refractivity contribution in [3.05, 3.63) is 101 Å². The highest BCUT2D eigenvalue weighted by Crippen LogP contribution is 2.44. The fourth-order valence-electron chi connectivity index (χ4n) is 5.46. The van der Waals surface area contributed by atoms with Gasteiger partial charge in [-0.2, -0.15) is 0 Å². The van der Waals surface area contributed by atoms with Crippen molar-refractivity contribution in [3.8, 4) is 22.8 Å². The third-order valence-electron chi connectivity index (χ3n) is 7.40. The van der Waals surface area contributed by atoms with Crippen LogP contribution in [-0.4, -0.2) is 28.2 Å². The monoisotopic (exact) mass is 556 g/mol. The lowest BCUT2D eigenvalue weighted by molar-refractivity contribution is -0.384. The highest BCUT2D eigenvalue weighted by molar-refractivity contribution is 7.80. The SMILES string of the molecule is COc1cc([N+](=O)[O-])ccc1-c1ccc([C@H]2[C@H](c3ccccn3)NC(=S)N2c2ccc(OC3CCCC3)cc2)o1. The Morgan fingerprint density at radius 3 is 2.58 bits per heavy atom. The smallest absolute Gasteiger partial charge is 0.273 e. The number of furan rings is 1. The maximum atomic E-state index is 11.3. The van der Waals surface area contributed by atoms with Crippen LogP contribution in [0.2, 0.25) is 0 Å². The molecule has 1 aliphatic carbocycles. The molecule has 0 unspecified atom stereocenters. The minimum atomic E-state index is -0.454. The van der Waals surface area contributed by atoms with Gasteiger partial charge in [0.15, 0.2) is 5.11 Å². The van der Waals surface area contributed by atoms with Crippen molar-refractivity contribution >= 4 is 28.7 Å². The van der Waals surface area contributed by atoms with Gasteiger partial charge in [-0.1, -0.05) is 6.07 Å². The average Bonchev–Trinajstić information content (AvgIpc) is 3.74.